The fourth-order valence-electron chi connectivity index (χ4n) is 4.63. The number of thiophene rings is 1. The van der Waals surface area contributed by atoms with Gasteiger partial charge in [0.25, 0.3) is 5.91 Å². The monoisotopic (exact) mass is 490 g/mol. The first-order valence-electron chi connectivity index (χ1n) is 12.4. The van der Waals surface area contributed by atoms with E-state index in [9.17, 15) is 4.79 Å². The predicted octanol–water partition coefficient (Wildman–Crippen LogP) is 7.97. The molecule has 2 N–H and O–H groups in total. The van der Waals surface area contributed by atoms with Gasteiger partial charge in [0.15, 0.2) is 0 Å². The van der Waals surface area contributed by atoms with Crippen molar-refractivity contribution in [1.29, 1.82) is 0 Å². The largest absolute Gasteiger partial charge is 0.379 e. The molecule has 34 heavy (non-hydrogen) atoms. The smallest absolute Gasteiger partial charge is 0.256 e. The SMILES string of the molecule is CCCCNC(=S)C1CCC(c2cc(C(=O)Nc3ccccc3-c3ccc(C)cc3)cs2)CC1. The van der Waals surface area contributed by atoms with Gasteiger partial charge in [0.1, 0.15) is 0 Å². The zero-order valence-corrected chi connectivity index (χ0v) is 21.7. The second-order valence-corrected chi connectivity index (χ2v) is 10.7. The van der Waals surface area contributed by atoms with E-state index in [4.69, 9.17) is 12.2 Å². The highest BCUT2D eigenvalue weighted by Gasteiger charge is 2.26. The number of nitrogens with one attached hydrogen (secondary N) is 2. The van der Waals surface area contributed by atoms with Crippen molar-refractivity contribution in [2.45, 2.75) is 58.3 Å². The molecule has 0 unspecified atom stereocenters. The number of carbonyl (C=O) groups is 1. The second-order valence-electron chi connectivity index (χ2n) is 9.30. The molecule has 0 spiro atoms. The lowest BCUT2D eigenvalue weighted by Crippen LogP contribution is -2.31. The van der Waals surface area contributed by atoms with Crippen LogP contribution in [0.5, 0.6) is 0 Å². The fourth-order valence-corrected chi connectivity index (χ4v) is 6.03. The Labute approximate surface area is 213 Å². The Morgan fingerprint density at radius 2 is 1.79 bits per heavy atom. The molecule has 0 saturated heterocycles. The molecule has 1 saturated carbocycles. The lowest BCUT2D eigenvalue weighted by molar-refractivity contribution is 0.102. The highest BCUT2D eigenvalue weighted by Crippen LogP contribution is 2.39. The van der Waals surface area contributed by atoms with Crippen LogP contribution in [0.4, 0.5) is 5.69 Å². The van der Waals surface area contributed by atoms with Gasteiger partial charge in [-0.15, -0.1) is 11.3 Å². The number of unbranched alkanes of at least 4 members (excludes halogenated alkanes) is 1. The van der Waals surface area contributed by atoms with Gasteiger partial charge in [-0.25, -0.2) is 0 Å². The van der Waals surface area contributed by atoms with Crippen molar-refractivity contribution in [3.05, 3.63) is 76.0 Å². The Hall–Kier alpha value is -2.50. The van der Waals surface area contributed by atoms with E-state index in [-0.39, 0.29) is 5.91 Å². The van der Waals surface area contributed by atoms with Crippen molar-refractivity contribution >= 4 is 40.1 Å². The first-order chi connectivity index (χ1) is 16.5. The topological polar surface area (TPSA) is 41.1 Å². The number of rotatable bonds is 8. The summed E-state index contributed by atoms with van der Waals surface area (Å²) >= 11 is 7.35. The normalized spacial score (nSPS) is 17.8. The van der Waals surface area contributed by atoms with E-state index in [1.807, 2.05) is 23.6 Å². The summed E-state index contributed by atoms with van der Waals surface area (Å²) in [6.45, 7) is 5.27. The number of amides is 1. The molecule has 3 aromatic rings. The molecule has 1 aliphatic rings. The molecule has 1 amide bonds. The maximum absolute atomic E-state index is 13.1. The van der Waals surface area contributed by atoms with Gasteiger partial charge in [-0.1, -0.05) is 73.6 Å². The second kappa shape index (κ2) is 11.8. The molecule has 0 aliphatic heterocycles. The Balaban J connectivity index is 1.37. The third kappa shape index (κ3) is 6.13. The van der Waals surface area contributed by atoms with E-state index in [2.05, 4.69) is 60.9 Å². The highest BCUT2D eigenvalue weighted by atomic mass is 32.1. The molecule has 1 aliphatic carbocycles. The maximum Gasteiger partial charge on any atom is 0.256 e. The Kier molecular flexibility index (Phi) is 8.52. The number of hydrogen-bond acceptors (Lipinski definition) is 3. The number of hydrogen-bond donors (Lipinski definition) is 2. The predicted molar refractivity (Wildman–Crippen MR) is 149 cm³/mol. The van der Waals surface area contributed by atoms with Gasteiger partial charge in [-0.2, -0.15) is 0 Å². The van der Waals surface area contributed by atoms with Crippen molar-refractivity contribution in [3.8, 4) is 11.1 Å². The van der Waals surface area contributed by atoms with Crippen LogP contribution in [0, 0.1) is 12.8 Å². The summed E-state index contributed by atoms with van der Waals surface area (Å²) < 4.78 is 0. The van der Waals surface area contributed by atoms with Crippen molar-refractivity contribution < 1.29 is 4.79 Å². The van der Waals surface area contributed by atoms with Crippen LogP contribution in [0.3, 0.4) is 0 Å². The van der Waals surface area contributed by atoms with Crippen molar-refractivity contribution in [3.63, 3.8) is 0 Å². The fraction of sp³-hybridized carbons (Fsp3) is 0.379. The lowest BCUT2D eigenvalue weighted by atomic mass is 9.81. The summed E-state index contributed by atoms with van der Waals surface area (Å²) in [7, 11) is 0. The van der Waals surface area contributed by atoms with Gasteiger partial charge in [-0.05, 0) is 62.6 Å². The maximum atomic E-state index is 13.1. The molecule has 1 heterocycles. The quantitative estimate of drug-likeness (QED) is 0.248. The van der Waals surface area contributed by atoms with Crippen molar-refractivity contribution in [2.24, 2.45) is 5.92 Å². The minimum Gasteiger partial charge on any atom is -0.379 e. The summed E-state index contributed by atoms with van der Waals surface area (Å²) in [6, 6.07) is 18.5. The van der Waals surface area contributed by atoms with Gasteiger partial charge < -0.3 is 10.6 Å². The third-order valence-electron chi connectivity index (χ3n) is 6.75. The zero-order chi connectivity index (χ0) is 23.9. The Morgan fingerprint density at radius 1 is 1.06 bits per heavy atom. The standard InChI is InChI=1S/C29H34N2OS2/c1-3-4-17-30-29(33)23-15-13-22(14-16-23)27-18-24(19-34-27)28(32)31-26-8-6-5-7-25(26)21-11-9-20(2)10-12-21/h5-12,18-19,22-23H,3-4,13-17H2,1-2H3,(H,30,33)(H,31,32). The van der Waals surface area contributed by atoms with E-state index >= 15 is 0 Å². The molecule has 0 atom stereocenters. The summed E-state index contributed by atoms with van der Waals surface area (Å²) in [5.41, 5.74) is 4.95. The number of anilines is 1. The van der Waals surface area contributed by atoms with E-state index in [1.54, 1.807) is 11.3 Å². The van der Waals surface area contributed by atoms with Crippen LogP contribution in [-0.2, 0) is 0 Å². The van der Waals surface area contributed by atoms with Crippen molar-refractivity contribution in [2.75, 3.05) is 11.9 Å². The third-order valence-corrected chi connectivity index (χ3v) is 8.32. The van der Waals surface area contributed by atoms with E-state index in [0.29, 0.717) is 11.8 Å². The molecule has 5 heteroatoms. The van der Waals surface area contributed by atoms with Crippen molar-refractivity contribution in [1.82, 2.24) is 5.32 Å². The van der Waals surface area contributed by atoms with Gasteiger partial charge in [0.2, 0.25) is 0 Å². The number of para-hydroxylation sites is 1. The molecule has 2 aromatic carbocycles. The summed E-state index contributed by atoms with van der Waals surface area (Å²) in [5.74, 6) is 0.988. The first kappa shape index (κ1) is 24.6. The van der Waals surface area contributed by atoms with E-state index in [1.165, 1.54) is 23.3 Å². The lowest BCUT2D eigenvalue weighted by Gasteiger charge is -2.28. The summed E-state index contributed by atoms with van der Waals surface area (Å²) in [6.07, 6.45) is 6.90. The number of aryl methyl sites for hydroxylation is 1. The molecule has 1 aromatic heterocycles. The molecule has 178 valence electrons. The molecule has 3 nitrogen and oxygen atoms in total. The Bertz CT molecular complexity index is 1110. The van der Waals surface area contributed by atoms with Gasteiger partial charge in [-0.3, -0.25) is 4.79 Å². The van der Waals surface area contributed by atoms with Crippen LogP contribution in [0.25, 0.3) is 11.1 Å². The van der Waals surface area contributed by atoms with Crippen LogP contribution in [0.1, 0.15) is 72.2 Å². The van der Waals surface area contributed by atoms with Crippen LogP contribution >= 0.6 is 23.6 Å². The van der Waals surface area contributed by atoms with E-state index < -0.39 is 0 Å². The van der Waals surface area contributed by atoms with Gasteiger partial charge >= 0.3 is 0 Å². The molecule has 0 bridgehead atoms. The zero-order valence-electron chi connectivity index (χ0n) is 20.1. The van der Waals surface area contributed by atoms with Crippen LogP contribution in [0.2, 0.25) is 0 Å². The molecule has 1 fully saturated rings. The van der Waals surface area contributed by atoms with Crippen LogP contribution in [0.15, 0.2) is 60.0 Å². The van der Waals surface area contributed by atoms with Crippen LogP contribution < -0.4 is 10.6 Å². The molecule has 0 radical (unpaired) electrons. The average molecular weight is 491 g/mol. The van der Waals surface area contributed by atoms with E-state index in [0.717, 1.165) is 59.6 Å². The number of carbonyl (C=O) groups excluding carboxylic acids is 1. The molecular weight excluding hydrogens is 456 g/mol. The first-order valence-corrected chi connectivity index (χ1v) is 13.7. The number of thiocarbonyl (C=S) groups is 1. The van der Waals surface area contributed by atoms with Gasteiger partial charge in [0.05, 0.1) is 10.6 Å². The minimum atomic E-state index is -0.0444. The van der Waals surface area contributed by atoms with Gasteiger partial charge in [0, 0.05) is 34.0 Å². The highest BCUT2D eigenvalue weighted by molar-refractivity contribution is 7.80. The number of benzene rings is 2. The minimum absolute atomic E-state index is 0.0444. The summed E-state index contributed by atoms with van der Waals surface area (Å²) in [4.78, 5) is 15.5. The molecule has 4 rings (SSSR count). The molecular formula is C29H34N2OS2. The Morgan fingerprint density at radius 3 is 2.53 bits per heavy atom. The summed E-state index contributed by atoms with van der Waals surface area (Å²) in [5, 5.41) is 8.60. The van der Waals surface area contributed by atoms with Crippen LogP contribution in [-0.4, -0.2) is 17.4 Å². The average Bonchev–Trinajstić information content (AvgIpc) is 3.36.